The van der Waals surface area contributed by atoms with Crippen molar-refractivity contribution in [2.75, 3.05) is 5.32 Å². The lowest BCUT2D eigenvalue weighted by atomic mass is 10.1. The number of hydrogen-bond acceptors (Lipinski definition) is 2. The molecule has 2 unspecified atom stereocenters. The van der Waals surface area contributed by atoms with Crippen LogP contribution in [0.15, 0.2) is 59.2 Å². The van der Waals surface area contributed by atoms with Crippen molar-refractivity contribution in [3.63, 3.8) is 0 Å². The first-order chi connectivity index (χ1) is 10.2. The molecule has 2 heterocycles. The van der Waals surface area contributed by atoms with Gasteiger partial charge in [-0.15, -0.1) is 0 Å². The van der Waals surface area contributed by atoms with Crippen LogP contribution in [0, 0.1) is 6.92 Å². The Morgan fingerprint density at radius 2 is 2.05 bits per heavy atom. The fourth-order valence-corrected chi connectivity index (χ4v) is 3.26. The van der Waals surface area contributed by atoms with Crippen LogP contribution in [0.3, 0.4) is 0 Å². The Hall–Kier alpha value is -2.22. The molecule has 0 saturated heterocycles. The molecule has 5 rings (SSSR count). The third-order valence-corrected chi connectivity index (χ3v) is 4.60. The summed E-state index contributed by atoms with van der Waals surface area (Å²) in [6, 6.07) is 16.8. The van der Waals surface area contributed by atoms with Crippen LogP contribution in [-0.2, 0) is 0 Å². The van der Waals surface area contributed by atoms with Crippen molar-refractivity contribution >= 4 is 16.7 Å². The third-order valence-electron chi connectivity index (χ3n) is 4.60. The highest BCUT2D eigenvalue weighted by Gasteiger charge is 2.56. The Kier molecular flexibility index (Phi) is 2.61. The van der Waals surface area contributed by atoms with Gasteiger partial charge in [-0.2, -0.15) is 0 Å². The van der Waals surface area contributed by atoms with Crippen molar-refractivity contribution < 1.29 is 5.84 Å². The molecule has 2 aromatic carbocycles. The minimum Gasteiger partial charge on any atom is -0.464 e. The molecule has 1 saturated carbocycles. The summed E-state index contributed by atoms with van der Waals surface area (Å²) in [5.74, 6) is 0.804. The summed E-state index contributed by atoms with van der Waals surface area (Å²) >= 11 is 0. The summed E-state index contributed by atoms with van der Waals surface area (Å²) < 4.78 is 5.17. The molecule has 2 nitrogen and oxygen atoms in total. The number of rotatable bonds is 0. The zero-order valence-electron chi connectivity index (χ0n) is 12.4. The predicted molar refractivity (Wildman–Crippen MR) is 88.9 cm³/mol. The van der Waals surface area contributed by atoms with E-state index in [1.165, 1.54) is 28.6 Å². The Labute approximate surface area is 126 Å². The van der Waals surface area contributed by atoms with E-state index < -0.39 is 0 Å². The van der Waals surface area contributed by atoms with Crippen molar-refractivity contribution in [2.45, 2.75) is 31.7 Å². The third kappa shape index (κ3) is 2.11. The number of nitrogens with one attached hydrogen (secondary N) is 1. The van der Waals surface area contributed by atoms with Gasteiger partial charge in [0.05, 0.1) is 6.26 Å². The highest BCUT2D eigenvalue weighted by Crippen LogP contribution is 2.60. The molecule has 2 heteroatoms. The summed E-state index contributed by atoms with van der Waals surface area (Å²) in [7, 11) is 0. The summed E-state index contributed by atoms with van der Waals surface area (Å²) in [6.45, 7) is 4.38. The second kappa shape index (κ2) is 4.39. The van der Waals surface area contributed by atoms with Crippen molar-refractivity contribution in [3.05, 3.63) is 65.9 Å². The molecule has 2 aliphatic rings. The Balaban J connectivity index is 0.000000126. The van der Waals surface area contributed by atoms with Gasteiger partial charge in [0.2, 0.25) is 0 Å². The van der Waals surface area contributed by atoms with Gasteiger partial charge in [0.25, 0.3) is 0 Å². The molecular formula is C19H21NO. The first-order valence-electron chi connectivity index (χ1n) is 7.47. The van der Waals surface area contributed by atoms with Gasteiger partial charge in [0, 0.05) is 24.0 Å². The molecule has 2 atom stereocenters. The van der Waals surface area contributed by atoms with Gasteiger partial charge in [-0.25, -0.2) is 0 Å². The lowest BCUT2D eigenvalue weighted by Crippen LogP contribution is -2.12. The molecular weight excluding hydrogens is 258 g/mol. The van der Waals surface area contributed by atoms with Crippen molar-refractivity contribution in [3.8, 4) is 0 Å². The number of furan rings is 1. The maximum absolute atomic E-state index is 5.17. The molecule has 0 bridgehead atoms. The molecule has 1 aromatic heterocycles. The average molecular weight is 279 g/mol. The highest BCUT2D eigenvalue weighted by molar-refractivity contribution is 5.77. The second-order valence-electron chi connectivity index (χ2n) is 6.35. The summed E-state index contributed by atoms with van der Waals surface area (Å²) in [5.41, 5.74) is 5.53. The Morgan fingerprint density at radius 1 is 1.19 bits per heavy atom. The predicted octanol–water partition coefficient (Wildman–Crippen LogP) is 5.35. The van der Waals surface area contributed by atoms with Crippen LogP contribution in [0.1, 0.15) is 31.8 Å². The average Bonchev–Trinajstić information content (AvgIpc) is 2.85. The first-order valence-corrected chi connectivity index (χ1v) is 7.47. The van der Waals surface area contributed by atoms with Crippen molar-refractivity contribution in [1.29, 1.82) is 0 Å². The van der Waals surface area contributed by atoms with Gasteiger partial charge in [0.15, 0.2) is 0 Å². The second-order valence-corrected chi connectivity index (χ2v) is 6.35. The van der Waals surface area contributed by atoms with E-state index in [9.17, 15) is 0 Å². The van der Waals surface area contributed by atoms with Crippen LogP contribution in [0.2, 0.25) is 0 Å². The molecule has 0 amide bonds. The minimum atomic E-state index is 0. The summed E-state index contributed by atoms with van der Waals surface area (Å²) in [6.07, 6.45) is 3.04. The van der Waals surface area contributed by atoms with E-state index in [0.29, 0.717) is 5.54 Å². The quantitative estimate of drug-likeness (QED) is 0.600. The van der Waals surface area contributed by atoms with Crippen LogP contribution in [0.25, 0.3) is 11.0 Å². The van der Waals surface area contributed by atoms with Gasteiger partial charge in [0.1, 0.15) is 5.58 Å². The highest BCUT2D eigenvalue weighted by atomic mass is 16.3. The molecule has 3 aromatic rings. The number of benzene rings is 2. The monoisotopic (exact) mass is 279 g/mol. The zero-order chi connectivity index (χ0) is 14.4. The first kappa shape index (κ1) is 12.5. The fraction of sp³-hybridized carbons (Fsp3) is 0.263. The summed E-state index contributed by atoms with van der Waals surface area (Å²) in [5, 5.41) is 4.73. The van der Waals surface area contributed by atoms with E-state index in [0.717, 1.165) is 11.5 Å². The zero-order valence-corrected chi connectivity index (χ0v) is 12.4. The number of hydrogen-bond donors (Lipinski definition) is 1. The number of anilines is 1. The lowest BCUT2D eigenvalue weighted by Gasteiger charge is -2.07. The van der Waals surface area contributed by atoms with Gasteiger partial charge < -0.3 is 9.73 Å². The van der Waals surface area contributed by atoms with Gasteiger partial charge >= 0.3 is 0 Å². The topological polar surface area (TPSA) is 25.2 Å². The smallest absolute Gasteiger partial charge is 0.133 e. The van der Waals surface area contributed by atoms with E-state index in [1.54, 1.807) is 6.26 Å². The van der Waals surface area contributed by atoms with Crippen molar-refractivity contribution in [1.82, 2.24) is 0 Å². The van der Waals surface area contributed by atoms with Gasteiger partial charge in [-0.3, -0.25) is 0 Å². The van der Waals surface area contributed by atoms with E-state index in [-0.39, 0.29) is 1.43 Å². The van der Waals surface area contributed by atoms with Crippen LogP contribution in [0.4, 0.5) is 5.69 Å². The molecule has 21 heavy (non-hydrogen) atoms. The van der Waals surface area contributed by atoms with Gasteiger partial charge in [-0.1, -0.05) is 29.8 Å². The van der Waals surface area contributed by atoms with Crippen LogP contribution in [0.5, 0.6) is 0 Å². The number of fused-ring (bicyclic) bond motifs is 4. The number of para-hydroxylation sites is 1. The van der Waals surface area contributed by atoms with E-state index in [2.05, 4.69) is 49.5 Å². The largest absolute Gasteiger partial charge is 0.464 e. The fourth-order valence-electron chi connectivity index (χ4n) is 3.26. The molecule has 0 radical (unpaired) electrons. The normalized spacial score (nSPS) is 24.6. The maximum atomic E-state index is 5.17. The minimum absolute atomic E-state index is 0. The molecule has 1 fully saturated rings. The molecule has 1 aliphatic carbocycles. The molecule has 1 aliphatic heterocycles. The molecule has 1 N–H and O–H groups in total. The molecule has 0 spiro atoms. The summed E-state index contributed by atoms with van der Waals surface area (Å²) in [4.78, 5) is 0. The number of aryl methyl sites for hydroxylation is 1. The molecule has 108 valence electrons. The van der Waals surface area contributed by atoms with E-state index >= 15 is 0 Å². The van der Waals surface area contributed by atoms with Gasteiger partial charge in [-0.05, 0) is 50.1 Å². The van der Waals surface area contributed by atoms with Crippen molar-refractivity contribution in [2.24, 2.45) is 0 Å². The standard InChI is InChI=1S/C10H11N.C9H8O.H2/c1-10-6-8(10)7-4-2-3-5-9(7)11-10;1-7-2-3-9-8(6-7)4-5-10-9;/h2-5,8,11H,6H2,1H3;2-6H,1H3;1H. The van der Waals surface area contributed by atoms with Crippen LogP contribution >= 0.6 is 0 Å². The Bertz CT molecular complexity index is 810. The maximum Gasteiger partial charge on any atom is 0.133 e. The van der Waals surface area contributed by atoms with Crippen LogP contribution < -0.4 is 5.32 Å². The van der Waals surface area contributed by atoms with E-state index in [1.807, 2.05) is 18.2 Å². The lowest BCUT2D eigenvalue weighted by molar-refractivity contribution is 0.616. The SMILES string of the molecule is CC12CC1c1ccccc1N2.Cc1ccc2occc2c1.[HH]. The Morgan fingerprint density at radius 3 is 2.90 bits per heavy atom. The van der Waals surface area contributed by atoms with Crippen LogP contribution in [-0.4, -0.2) is 5.54 Å². The van der Waals surface area contributed by atoms with E-state index in [4.69, 9.17) is 4.42 Å².